The molecule has 1 aliphatic rings. The molecule has 12 heavy (non-hydrogen) atoms. The lowest BCUT2D eigenvalue weighted by Crippen LogP contribution is -2.22. The molecule has 0 saturated carbocycles. The van der Waals surface area contributed by atoms with Crippen LogP contribution >= 0.6 is 0 Å². The second kappa shape index (κ2) is 3.37. The van der Waals surface area contributed by atoms with Gasteiger partial charge in [0.25, 0.3) is 0 Å². The van der Waals surface area contributed by atoms with Crippen molar-refractivity contribution in [3.63, 3.8) is 0 Å². The van der Waals surface area contributed by atoms with Crippen LogP contribution in [0.5, 0.6) is 0 Å². The van der Waals surface area contributed by atoms with Gasteiger partial charge in [0.05, 0.1) is 12.7 Å². The van der Waals surface area contributed by atoms with Gasteiger partial charge in [-0.3, -0.25) is 10.1 Å². The van der Waals surface area contributed by atoms with Crippen molar-refractivity contribution in [3.8, 4) is 0 Å². The Bertz CT molecular complexity index is 180. The topological polar surface area (TPSA) is 61.6 Å². The van der Waals surface area contributed by atoms with Crippen molar-refractivity contribution in [1.29, 1.82) is 0 Å². The summed E-state index contributed by atoms with van der Waals surface area (Å²) in [5, 5.41) is 10.0. The summed E-state index contributed by atoms with van der Waals surface area (Å²) in [5.41, 5.74) is 0. The quantitative estimate of drug-likeness (QED) is 0.470. The van der Waals surface area contributed by atoms with Gasteiger partial charge in [0, 0.05) is 11.3 Å². The molecule has 0 aromatic heterocycles. The number of nitrogens with zero attached hydrogens (tertiary/aromatic N) is 1. The molecule has 1 rings (SSSR count). The molecule has 1 saturated heterocycles. The molecule has 0 N–H and O–H groups in total. The molecule has 1 atom stereocenters. The van der Waals surface area contributed by atoms with Crippen molar-refractivity contribution in [2.24, 2.45) is 0 Å². The highest BCUT2D eigenvalue weighted by atomic mass is 16.7. The van der Waals surface area contributed by atoms with Gasteiger partial charge in [-0.1, -0.05) is 0 Å². The second-order valence-corrected chi connectivity index (χ2v) is 3.30. The zero-order valence-electron chi connectivity index (χ0n) is 7.28. The Morgan fingerprint density at radius 1 is 1.67 bits per heavy atom. The maximum atomic E-state index is 10.0. The van der Waals surface area contributed by atoms with Crippen molar-refractivity contribution < 1.29 is 14.4 Å². The molecular weight excluding hydrogens is 162 g/mol. The van der Waals surface area contributed by atoms with Crippen LogP contribution in [0, 0.1) is 10.1 Å². The van der Waals surface area contributed by atoms with Crippen molar-refractivity contribution >= 4 is 0 Å². The van der Waals surface area contributed by atoms with E-state index < -0.39 is 5.79 Å². The Morgan fingerprint density at radius 2 is 2.33 bits per heavy atom. The van der Waals surface area contributed by atoms with E-state index in [0.29, 0.717) is 13.0 Å². The second-order valence-electron chi connectivity index (χ2n) is 3.30. The van der Waals surface area contributed by atoms with E-state index >= 15 is 0 Å². The van der Waals surface area contributed by atoms with E-state index in [0.717, 1.165) is 0 Å². The molecule has 5 nitrogen and oxygen atoms in total. The minimum atomic E-state index is -0.568. The van der Waals surface area contributed by atoms with Crippen LogP contribution in [0.2, 0.25) is 0 Å². The lowest BCUT2D eigenvalue weighted by atomic mass is 10.3. The van der Waals surface area contributed by atoms with Gasteiger partial charge in [0.2, 0.25) is 6.54 Å². The summed E-state index contributed by atoms with van der Waals surface area (Å²) in [7, 11) is 0. The highest BCUT2D eigenvalue weighted by molar-refractivity contribution is 4.70. The molecule has 0 amide bonds. The summed E-state index contributed by atoms with van der Waals surface area (Å²) >= 11 is 0. The third kappa shape index (κ3) is 2.75. The first kappa shape index (κ1) is 9.41. The highest BCUT2D eigenvalue weighted by Crippen LogP contribution is 2.23. The molecule has 0 aromatic carbocycles. The summed E-state index contributed by atoms with van der Waals surface area (Å²) in [4.78, 5) is 9.69. The molecule has 0 bridgehead atoms. The van der Waals surface area contributed by atoms with E-state index in [4.69, 9.17) is 9.47 Å². The van der Waals surface area contributed by atoms with Crippen molar-refractivity contribution in [3.05, 3.63) is 10.1 Å². The molecule has 1 aliphatic heterocycles. The number of hydrogen-bond acceptors (Lipinski definition) is 4. The molecule has 0 aromatic rings. The van der Waals surface area contributed by atoms with Crippen molar-refractivity contribution in [2.45, 2.75) is 32.2 Å². The maximum Gasteiger partial charge on any atom is 0.206 e. The first-order valence-corrected chi connectivity index (χ1v) is 3.93. The lowest BCUT2D eigenvalue weighted by molar-refractivity contribution is -0.482. The SMILES string of the molecule is CC1(C)OC[C@@H](CC[N+](=O)[O-])O1. The number of hydrogen-bond donors (Lipinski definition) is 0. The predicted molar refractivity (Wildman–Crippen MR) is 41.4 cm³/mol. The van der Waals surface area contributed by atoms with E-state index in [9.17, 15) is 10.1 Å². The highest BCUT2D eigenvalue weighted by Gasteiger charge is 2.32. The molecule has 0 unspecified atom stereocenters. The monoisotopic (exact) mass is 175 g/mol. The number of ether oxygens (including phenoxy) is 2. The molecular formula is C7H13NO4. The van der Waals surface area contributed by atoms with Crippen LogP contribution in [0.3, 0.4) is 0 Å². The van der Waals surface area contributed by atoms with Crippen LogP contribution in [0.15, 0.2) is 0 Å². The number of nitro groups is 1. The summed E-state index contributed by atoms with van der Waals surface area (Å²) in [5.74, 6) is -0.568. The van der Waals surface area contributed by atoms with Gasteiger partial charge in [0.15, 0.2) is 5.79 Å². The fraction of sp³-hybridized carbons (Fsp3) is 1.00. The summed E-state index contributed by atoms with van der Waals surface area (Å²) in [6, 6.07) is 0. The Balaban J connectivity index is 2.24. The Morgan fingerprint density at radius 3 is 2.75 bits per heavy atom. The molecule has 1 fully saturated rings. The van der Waals surface area contributed by atoms with Crippen LogP contribution in [-0.4, -0.2) is 30.0 Å². The molecule has 0 spiro atoms. The van der Waals surface area contributed by atoms with Gasteiger partial charge in [-0.15, -0.1) is 0 Å². The van der Waals surface area contributed by atoms with E-state index in [1.165, 1.54) is 0 Å². The van der Waals surface area contributed by atoms with Crippen LogP contribution in [0.25, 0.3) is 0 Å². The van der Waals surface area contributed by atoms with Crippen molar-refractivity contribution in [2.75, 3.05) is 13.2 Å². The molecule has 5 heteroatoms. The normalized spacial score (nSPS) is 27.3. The lowest BCUT2D eigenvalue weighted by Gasteiger charge is -2.16. The zero-order valence-corrected chi connectivity index (χ0v) is 7.28. The first-order valence-electron chi connectivity index (χ1n) is 3.93. The van der Waals surface area contributed by atoms with E-state index in [1.807, 2.05) is 0 Å². The standard InChI is InChI=1S/C7H13NO4/c1-7(2)11-5-6(12-7)3-4-8(9)10/h6H,3-5H2,1-2H3/t6-/m1/s1. The average Bonchev–Trinajstić information content (AvgIpc) is 2.26. The Hall–Kier alpha value is -0.680. The third-order valence-corrected chi connectivity index (χ3v) is 1.70. The zero-order chi connectivity index (χ0) is 9.19. The maximum absolute atomic E-state index is 10.0. The Labute approximate surface area is 70.8 Å². The predicted octanol–water partition coefficient (Wildman–Crippen LogP) is 0.805. The van der Waals surface area contributed by atoms with E-state index in [1.54, 1.807) is 13.8 Å². The van der Waals surface area contributed by atoms with Gasteiger partial charge < -0.3 is 9.47 Å². The summed E-state index contributed by atoms with van der Waals surface area (Å²) in [6.07, 6.45) is 0.307. The molecule has 70 valence electrons. The summed E-state index contributed by atoms with van der Waals surface area (Å²) < 4.78 is 10.6. The van der Waals surface area contributed by atoms with Gasteiger partial charge in [-0.2, -0.15) is 0 Å². The van der Waals surface area contributed by atoms with E-state index in [-0.39, 0.29) is 17.6 Å². The van der Waals surface area contributed by atoms with Crippen LogP contribution in [0.4, 0.5) is 0 Å². The fourth-order valence-corrected chi connectivity index (χ4v) is 1.15. The van der Waals surface area contributed by atoms with E-state index in [2.05, 4.69) is 0 Å². The largest absolute Gasteiger partial charge is 0.348 e. The van der Waals surface area contributed by atoms with Crippen LogP contribution in [0.1, 0.15) is 20.3 Å². The minimum Gasteiger partial charge on any atom is -0.348 e. The molecule has 1 heterocycles. The van der Waals surface area contributed by atoms with Gasteiger partial charge in [-0.25, -0.2) is 0 Å². The van der Waals surface area contributed by atoms with Crippen LogP contribution in [-0.2, 0) is 9.47 Å². The van der Waals surface area contributed by atoms with Gasteiger partial charge >= 0.3 is 0 Å². The smallest absolute Gasteiger partial charge is 0.206 e. The molecule has 0 radical (unpaired) electrons. The molecule has 0 aliphatic carbocycles. The summed E-state index contributed by atoms with van der Waals surface area (Å²) in [6.45, 7) is 4.02. The third-order valence-electron chi connectivity index (χ3n) is 1.70. The first-order chi connectivity index (χ1) is 5.49. The fourth-order valence-electron chi connectivity index (χ4n) is 1.15. The van der Waals surface area contributed by atoms with Gasteiger partial charge in [-0.05, 0) is 13.8 Å². The Kier molecular flexibility index (Phi) is 2.64. The average molecular weight is 175 g/mol. The minimum absolute atomic E-state index is 0.0515. The van der Waals surface area contributed by atoms with Gasteiger partial charge in [0.1, 0.15) is 0 Å². The number of rotatable bonds is 3. The van der Waals surface area contributed by atoms with Crippen LogP contribution < -0.4 is 0 Å². The van der Waals surface area contributed by atoms with Crippen molar-refractivity contribution in [1.82, 2.24) is 0 Å².